The molecule has 8 nitrogen and oxygen atoms in total. The molecule has 0 N–H and O–H groups in total. The third kappa shape index (κ3) is 5.06. The van der Waals surface area contributed by atoms with Crippen molar-refractivity contribution >= 4 is 12.3 Å². The van der Waals surface area contributed by atoms with Gasteiger partial charge in [0, 0.05) is 0 Å². The molecule has 0 amide bonds. The number of rotatable bonds is 8. The van der Waals surface area contributed by atoms with Crippen LogP contribution in [0.25, 0.3) is 0 Å². The van der Waals surface area contributed by atoms with Gasteiger partial charge in [-0.3, -0.25) is 0 Å². The smallest absolute Gasteiger partial charge is 0.430 e. The molecule has 0 saturated carbocycles. The molecular formula is C12H16O8. The van der Waals surface area contributed by atoms with Gasteiger partial charge in [-0.1, -0.05) is 12.2 Å². The summed E-state index contributed by atoms with van der Waals surface area (Å²) in [5.41, 5.74) is 0. The van der Waals surface area contributed by atoms with Crippen LogP contribution in [0, 0.1) is 0 Å². The van der Waals surface area contributed by atoms with Gasteiger partial charge in [-0.05, 0) is 0 Å². The number of carbonyl (C=O) groups is 2. The minimum Gasteiger partial charge on any atom is -0.430 e. The summed E-state index contributed by atoms with van der Waals surface area (Å²) in [6.07, 6.45) is 1.61. The number of carbonyl (C=O) groups excluding carboxylic acids is 2. The number of cyclic esters (lactones) is 4. The second-order valence-corrected chi connectivity index (χ2v) is 4.15. The Morgan fingerprint density at radius 2 is 1.35 bits per heavy atom. The number of hydrogen-bond acceptors (Lipinski definition) is 8. The van der Waals surface area contributed by atoms with E-state index in [4.69, 9.17) is 18.9 Å². The van der Waals surface area contributed by atoms with Crippen LogP contribution in [-0.2, 0) is 28.4 Å². The summed E-state index contributed by atoms with van der Waals surface area (Å²) < 4.78 is 29.3. The largest absolute Gasteiger partial charge is 0.508 e. The average molecular weight is 288 g/mol. The molecule has 0 radical (unpaired) electrons. The zero-order chi connectivity index (χ0) is 14.2. The van der Waals surface area contributed by atoms with Crippen molar-refractivity contribution in [1.29, 1.82) is 0 Å². The Kier molecular flexibility index (Phi) is 5.63. The van der Waals surface area contributed by atoms with Crippen molar-refractivity contribution < 1.29 is 38.0 Å². The summed E-state index contributed by atoms with van der Waals surface area (Å²) in [6.45, 7) is 1.83. The first-order chi connectivity index (χ1) is 9.74. The van der Waals surface area contributed by atoms with Crippen molar-refractivity contribution in [3.05, 3.63) is 12.2 Å². The number of ether oxygens (including phenoxy) is 6. The van der Waals surface area contributed by atoms with Gasteiger partial charge < -0.3 is 28.4 Å². The molecule has 8 heteroatoms. The molecule has 2 heterocycles. The molecule has 112 valence electrons. The molecular weight excluding hydrogens is 272 g/mol. The van der Waals surface area contributed by atoms with Crippen molar-refractivity contribution in [1.82, 2.24) is 0 Å². The normalized spacial score (nSPS) is 25.4. The van der Waals surface area contributed by atoms with Gasteiger partial charge in [0.15, 0.2) is 12.2 Å². The number of hydrogen-bond donors (Lipinski definition) is 0. The van der Waals surface area contributed by atoms with Gasteiger partial charge >= 0.3 is 12.3 Å². The van der Waals surface area contributed by atoms with Crippen LogP contribution < -0.4 is 0 Å². The summed E-state index contributed by atoms with van der Waals surface area (Å²) >= 11 is 0. The van der Waals surface area contributed by atoms with Gasteiger partial charge in [0.1, 0.15) is 13.2 Å². The molecule has 0 aromatic carbocycles. The van der Waals surface area contributed by atoms with E-state index in [1.54, 1.807) is 12.2 Å². The molecule has 2 fully saturated rings. The van der Waals surface area contributed by atoms with Gasteiger partial charge in [-0.25, -0.2) is 9.59 Å². The van der Waals surface area contributed by atoms with Gasteiger partial charge in [-0.15, -0.1) is 0 Å². The fraction of sp³-hybridized carbons (Fsp3) is 0.667. The minimum atomic E-state index is -0.654. The van der Waals surface area contributed by atoms with Crippen LogP contribution in [0.4, 0.5) is 9.59 Å². The van der Waals surface area contributed by atoms with E-state index in [-0.39, 0.29) is 25.4 Å². The highest BCUT2D eigenvalue weighted by Gasteiger charge is 2.25. The fourth-order valence-corrected chi connectivity index (χ4v) is 1.57. The Labute approximate surface area is 115 Å². The third-order valence-corrected chi connectivity index (χ3v) is 2.50. The molecule has 2 aliphatic rings. The molecule has 20 heavy (non-hydrogen) atoms. The molecule has 2 rings (SSSR count). The lowest BCUT2D eigenvalue weighted by atomic mass is 10.4. The second-order valence-electron chi connectivity index (χ2n) is 4.15. The molecule has 0 aliphatic carbocycles. The van der Waals surface area contributed by atoms with Crippen LogP contribution in [0.15, 0.2) is 12.2 Å². The van der Waals surface area contributed by atoms with E-state index >= 15 is 0 Å². The quantitative estimate of drug-likeness (QED) is 0.365. The molecule has 2 aliphatic heterocycles. The van der Waals surface area contributed by atoms with Gasteiger partial charge in [0.25, 0.3) is 0 Å². The Balaban J connectivity index is 1.42. The highest BCUT2D eigenvalue weighted by molar-refractivity contribution is 5.62. The van der Waals surface area contributed by atoms with Crippen LogP contribution in [-0.4, -0.2) is 64.2 Å². The first kappa shape index (κ1) is 14.6. The zero-order valence-electron chi connectivity index (χ0n) is 10.8. The summed E-state index contributed by atoms with van der Waals surface area (Å²) in [4.78, 5) is 21.2. The molecule has 2 unspecified atom stereocenters. The Bertz CT molecular complexity index is 332. The van der Waals surface area contributed by atoms with E-state index in [1.807, 2.05) is 0 Å². The first-order valence-corrected chi connectivity index (χ1v) is 6.21. The predicted molar refractivity (Wildman–Crippen MR) is 63.2 cm³/mol. The van der Waals surface area contributed by atoms with E-state index in [1.165, 1.54) is 0 Å². The summed E-state index contributed by atoms with van der Waals surface area (Å²) in [5.74, 6) is 0. The van der Waals surface area contributed by atoms with Crippen molar-refractivity contribution in [2.75, 3.05) is 39.6 Å². The topological polar surface area (TPSA) is 89.5 Å². The van der Waals surface area contributed by atoms with Gasteiger partial charge in [0.2, 0.25) is 0 Å². The molecule has 0 spiro atoms. The van der Waals surface area contributed by atoms with Crippen LogP contribution in [0.1, 0.15) is 0 Å². The van der Waals surface area contributed by atoms with E-state index in [9.17, 15) is 9.59 Å². The molecule has 0 aromatic rings. The van der Waals surface area contributed by atoms with Crippen molar-refractivity contribution in [2.24, 2.45) is 0 Å². The van der Waals surface area contributed by atoms with Crippen molar-refractivity contribution in [3.8, 4) is 0 Å². The lowest BCUT2D eigenvalue weighted by molar-refractivity contribution is 0.0541. The molecule has 0 aromatic heterocycles. The molecule has 0 bridgehead atoms. The Morgan fingerprint density at radius 3 is 1.70 bits per heavy atom. The van der Waals surface area contributed by atoms with Crippen molar-refractivity contribution in [2.45, 2.75) is 12.2 Å². The highest BCUT2D eigenvalue weighted by Crippen LogP contribution is 2.07. The van der Waals surface area contributed by atoms with E-state index < -0.39 is 12.3 Å². The predicted octanol–water partition coefficient (Wildman–Crippen LogP) is 0.647. The monoisotopic (exact) mass is 288 g/mol. The maximum atomic E-state index is 10.6. The minimum absolute atomic E-state index is 0.230. The lowest BCUT2D eigenvalue weighted by Gasteiger charge is -2.06. The molecule has 2 atom stereocenters. The summed E-state index contributed by atoms with van der Waals surface area (Å²) in [5, 5.41) is 0. The van der Waals surface area contributed by atoms with Crippen molar-refractivity contribution in [3.63, 3.8) is 0 Å². The van der Waals surface area contributed by atoms with Crippen LogP contribution in [0.5, 0.6) is 0 Å². The van der Waals surface area contributed by atoms with Gasteiger partial charge in [-0.2, -0.15) is 0 Å². The van der Waals surface area contributed by atoms with E-state index in [2.05, 4.69) is 9.47 Å². The maximum absolute atomic E-state index is 10.6. The average Bonchev–Trinajstić information content (AvgIpc) is 3.02. The highest BCUT2D eigenvalue weighted by atomic mass is 16.8. The van der Waals surface area contributed by atoms with Gasteiger partial charge in [0.05, 0.1) is 26.4 Å². The first-order valence-electron chi connectivity index (χ1n) is 6.21. The third-order valence-electron chi connectivity index (χ3n) is 2.50. The van der Waals surface area contributed by atoms with Crippen LogP contribution in [0.2, 0.25) is 0 Å². The van der Waals surface area contributed by atoms with Crippen LogP contribution in [0.3, 0.4) is 0 Å². The Hall–Kier alpha value is -1.80. The zero-order valence-corrected chi connectivity index (χ0v) is 10.8. The standard InChI is InChI=1S/C12H16O8/c13-11-17-7-9(19-11)5-15-3-1-2-4-16-6-10-8-18-12(14)20-10/h1-2,9-10H,3-8H2. The summed E-state index contributed by atoms with van der Waals surface area (Å²) in [7, 11) is 0. The lowest BCUT2D eigenvalue weighted by Crippen LogP contribution is -2.18. The van der Waals surface area contributed by atoms with Crippen LogP contribution >= 0.6 is 0 Å². The maximum Gasteiger partial charge on any atom is 0.508 e. The molecule has 2 saturated heterocycles. The van der Waals surface area contributed by atoms with E-state index in [0.717, 1.165) is 0 Å². The second kappa shape index (κ2) is 7.71. The Morgan fingerprint density at radius 1 is 0.900 bits per heavy atom. The summed E-state index contributed by atoms with van der Waals surface area (Å²) in [6, 6.07) is 0. The fourth-order valence-electron chi connectivity index (χ4n) is 1.57. The van der Waals surface area contributed by atoms with E-state index in [0.29, 0.717) is 26.4 Å². The SMILES string of the molecule is O=C1OCC(COCC=CCOCC2COC(=O)O2)O1.